The highest BCUT2D eigenvalue weighted by Gasteiger charge is 2.25. The van der Waals surface area contributed by atoms with Gasteiger partial charge in [-0.1, -0.05) is 48.5 Å². The second kappa shape index (κ2) is 10.9. The maximum atomic E-state index is 13.2. The normalized spacial score (nSPS) is 14.9. The van der Waals surface area contributed by atoms with E-state index in [2.05, 4.69) is 27.1 Å². The van der Waals surface area contributed by atoms with E-state index in [1.54, 1.807) is 43.3 Å². The van der Waals surface area contributed by atoms with E-state index in [0.29, 0.717) is 29.1 Å². The third-order valence-corrected chi connectivity index (χ3v) is 7.82. The summed E-state index contributed by atoms with van der Waals surface area (Å²) >= 11 is 0. The Hall–Kier alpha value is -3.36. The first-order chi connectivity index (χ1) is 16.9. The fourth-order valence-electron chi connectivity index (χ4n) is 4.44. The Balaban J connectivity index is 1.53. The van der Waals surface area contributed by atoms with Crippen molar-refractivity contribution in [1.29, 1.82) is 0 Å². The van der Waals surface area contributed by atoms with Crippen molar-refractivity contribution in [3.05, 3.63) is 89.5 Å². The lowest BCUT2D eigenvalue weighted by atomic mass is 10.1. The zero-order valence-corrected chi connectivity index (χ0v) is 20.8. The average molecular weight is 494 g/mol. The number of rotatable bonds is 9. The number of amides is 1. The van der Waals surface area contributed by atoms with Gasteiger partial charge >= 0.3 is 0 Å². The average Bonchev–Trinajstić information content (AvgIpc) is 3.39. The van der Waals surface area contributed by atoms with Crippen LogP contribution in [0.3, 0.4) is 0 Å². The minimum Gasteiger partial charge on any atom is -0.495 e. The van der Waals surface area contributed by atoms with E-state index in [-0.39, 0.29) is 16.8 Å². The Morgan fingerprint density at radius 2 is 1.69 bits per heavy atom. The topological polar surface area (TPSA) is 87.7 Å². The molecule has 8 heteroatoms. The van der Waals surface area contributed by atoms with E-state index >= 15 is 0 Å². The van der Waals surface area contributed by atoms with Gasteiger partial charge in [-0.05, 0) is 68.2 Å². The van der Waals surface area contributed by atoms with Gasteiger partial charge in [-0.15, -0.1) is 0 Å². The lowest BCUT2D eigenvalue weighted by molar-refractivity contribution is 0.0937. The number of sulfonamides is 1. The van der Waals surface area contributed by atoms with Crippen LogP contribution in [-0.4, -0.2) is 46.0 Å². The van der Waals surface area contributed by atoms with Gasteiger partial charge in [-0.3, -0.25) is 14.4 Å². The van der Waals surface area contributed by atoms with Gasteiger partial charge in [0, 0.05) is 12.1 Å². The number of para-hydroxylation sites is 2. The molecule has 3 aromatic carbocycles. The fraction of sp³-hybridized carbons (Fsp3) is 0.296. The molecule has 1 fully saturated rings. The Morgan fingerprint density at radius 1 is 1.00 bits per heavy atom. The summed E-state index contributed by atoms with van der Waals surface area (Å²) in [6, 6.07) is 21.7. The van der Waals surface area contributed by atoms with Crippen LogP contribution in [-0.2, 0) is 10.0 Å². The first-order valence-corrected chi connectivity index (χ1v) is 13.2. The molecule has 0 unspecified atom stereocenters. The Labute approximate surface area is 207 Å². The van der Waals surface area contributed by atoms with Crippen molar-refractivity contribution in [2.24, 2.45) is 0 Å². The summed E-state index contributed by atoms with van der Waals surface area (Å²) in [6.45, 7) is 4.14. The molecule has 7 nitrogen and oxygen atoms in total. The maximum Gasteiger partial charge on any atom is 0.262 e. The van der Waals surface area contributed by atoms with Gasteiger partial charge in [0.05, 0.1) is 23.7 Å². The van der Waals surface area contributed by atoms with Crippen molar-refractivity contribution in [3.8, 4) is 5.75 Å². The quantitative estimate of drug-likeness (QED) is 0.462. The van der Waals surface area contributed by atoms with Gasteiger partial charge in [0.25, 0.3) is 15.9 Å². The summed E-state index contributed by atoms with van der Waals surface area (Å²) in [4.78, 5) is 15.5. The number of hydrogen-bond donors (Lipinski definition) is 2. The lowest BCUT2D eigenvalue weighted by Gasteiger charge is -2.28. The summed E-state index contributed by atoms with van der Waals surface area (Å²) in [5.74, 6) is 0.107. The molecule has 0 aromatic heterocycles. The monoisotopic (exact) mass is 493 g/mol. The summed E-state index contributed by atoms with van der Waals surface area (Å²) in [6.07, 6.45) is 2.30. The van der Waals surface area contributed by atoms with Gasteiger partial charge in [0.2, 0.25) is 0 Å². The highest BCUT2D eigenvalue weighted by atomic mass is 32.2. The molecule has 184 valence electrons. The van der Waals surface area contributed by atoms with Crippen LogP contribution in [0.4, 0.5) is 5.69 Å². The smallest absolute Gasteiger partial charge is 0.262 e. The molecule has 0 bridgehead atoms. The lowest BCUT2D eigenvalue weighted by Crippen LogP contribution is -2.36. The van der Waals surface area contributed by atoms with E-state index in [0.717, 1.165) is 31.5 Å². The highest BCUT2D eigenvalue weighted by Crippen LogP contribution is 2.28. The number of nitrogens with zero attached hydrogens (tertiary/aromatic N) is 1. The molecule has 35 heavy (non-hydrogen) atoms. The number of likely N-dealkylation sites (tertiary alicyclic amines) is 1. The molecule has 1 atom stereocenters. The molecule has 4 rings (SSSR count). The van der Waals surface area contributed by atoms with Crippen molar-refractivity contribution in [2.75, 3.05) is 31.5 Å². The molecule has 1 aliphatic rings. The minimum absolute atomic E-state index is 0.0511. The standard InChI is InChI=1S/C27H31N3O4S/c1-20-14-15-22(18-26(20)35(32,33)29-23-12-6-7-13-25(23)34-2)27(31)28-19-24(30-16-8-9-17-30)21-10-4-3-5-11-21/h3-7,10-15,18,24,29H,8-9,16-17,19H2,1-2H3,(H,28,31)/t24-/m1/s1. The molecule has 0 aliphatic carbocycles. The van der Waals surface area contributed by atoms with Crippen molar-refractivity contribution in [3.63, 3.8) is 0 Å². The number of benzene rings is 3. The fourth-order valence-corrected chi connectivity index (χ4v) is 5.78. The minimum atomic E-state index is -3.94. The van der Waals surface area contributed by atoms with E-state index in [4.69, 9.17) is 4.74 Å². The van der Waals surface area contributed by atoms with Crippen LogP contribution in [0, 0.1) is 6.92 Å². The number of aryl methyl sites for hydroxylation is 1. The number of carbonyl (C=O) groups excluding carboxylic acids is 1. The van der Waals surface area contributed by atoms with Crippen molar-refractivity contribution in [2.45, 2.75) is 30.7 Å². The summed E-state index contributed by atoms with van der Waals surface area (Å²) in [7, 11) is -2.46. The Kier molecular flexibility index (Phi) is 7.73. The molecule has 0 spiro atoms. The molecule has 0 saturated carbocycles. The summed E-state index contributed by atoms with van der Waals surface area (Å²) in [5, 5.41) is 3.02. The third-order valence-electron chi connectivity index (χ3n) is 6.31. The Bertz CT molecular complexity index is 1270. The number of anilines is 1. The van der Waals surface area contributed by atoms with Crippen molar-refractivity contribution < 1.29 is 17.9 Å². The van der Waals surface area contributed by atoms with E-state index < -0.39 is 10.0 Å². The molecule has 1 saturated heterocycles. The predicted molar refractivity (Wildman–Crippen MR) is 137 cm³/mol. The van der Waals surface area contributed by atoms with Crippen molar-refractivity contribution >= 4 is 21.6 Å². The zero-order valence-electron chi connectivity index (χ0n) is 20.0. The number of nitrogens with one attached hydrogen (secondary N) is 2. The number of methoxy groups -OCH3 is 1. The third kappa shape index (κ3) is 5.83. The molecule has 1 amide bonds. The molecule has 2 N–H and O–H groups in total. The molecule has 3 aromatic rings. The summed E-state index contributed by atoms with van der Waals surface area (Å²) < 4.78 is 34.2. The van der Waals surface area contributed by atoms with Gasteiger partial charge in [0.15, 0.2) is 0 Å². The van der Waals surface area contributed by atoms with Crippen LogP contribution in [0.1, 0.15) is 40.4 Å². The van der Waals surface area contributed by atoms with Crippen LogP contribution in [0.2, 0.25) is 0 Å². The SMILES string of the molecule is COc1ccccc1NS(=O)(=O)c1cc(C(=O)NC[C@H](c2ccccc2)N2CCCC2)ccc1C. The first kappa shape index (κ1) is 24.8. The largest absolute Gasteiger partial charge is 0.495 e. The number of ether oxygens (including phenoxy) is 1. The van der Waals surface area contributed by atoms with E-state index in [1.165, 1.54) is 13.2 Å². The maximum absolute atomic E-state index is 13.2. The van der Waals surface area contributed by atoms with Crippen LogP contribution < -0.4 is 14.8 Å². The first-order valence-electron chi connectivity index (χ1n) is 11.7. The second-order valence-corrected chi connectivity index (χ2v) is 10.3. The molecular formula is C27H31N3O4S. The van der Waals surface area contributed by atoms with Crippen LogP contribution in [0.5, 0.6) is 5.75 Å². The molecule has 0 radical (unpaired) electrons. The highest BCUT2D eigenvalue weighted by molar-refractivity contribution is 7.92. The van der Waals surface area contributed by atoms with Gasteiger partial charge < -0.3 is 10.1 Å². The van der Waals surface area contributed by atoms with Gasteiger partial charge in [0.1, 0.15) is 5.75 Å². The predicted octanol–water partition coefficient (Wildman–Crippen LogP) is 4.37. The molecule has 1 aliphatic heterocycles. The van der Waals surface area contributed by atoms with Gasteiger partial charge in [-0.25, -0.2) is 8.42 Å². The van der Waals surface area contributed by atoms with E-state index in [1.807, 2.05) is 18.2 Å². The number of carbonyl (C=O) groups is 1. The Morgan fingerprint density at radius 3 is 2.40 bits per heavy atom. The van der Waals surface area contributed by atoms with Gasteiger partial charge in [-0.2, -0.15) is 0 Å². The summed E-state index contributed by atoms with van der Waals surface area (Å²) in [5.41, 5.74) is 2.33. The van der Waals surface area contributed by atoms with Crippen LogP contribution in [0.15, 0.2) is 77.7 Å². The van der Waals surface area contributed by atoms with E-state index in [9.17, 15) is 13.2 Å². The second-order valence-electron chi connectivity index (χ2n) is 8.67. The van der Waals surface area contributed by atoms with Crippen LogP contribution >= 0.6 is 0 Å². The number of hydrogen-bond acceptors (Lipinski definition) is 5. The molecular weight excluding hydrogens is 462 g/mol. The zero-order chi connectivity index (χ0) is 24.8. The molecule has 1 heterocycles. The van der Waals surface area contributed by atoms with Crippen molar-refractivity contribution in [1.82, 2.24) is 10.2 Å². The van der Waals surface area contributed by atoms with Crippen LogP contribution in [0.25, 0.3) is 0 Å².